The summed E-state index contributed by atoms with van der Waals surface area (Å²) in [7, 11) is 0. The highest BCUT2D eigenvalue weighted by Gasteiger charge is 2.35. The summed E-state index contributed by atoms with van der Waals surface area (Å²) in [4.78, 5) is 6.40. The van der Waals surface area contributed by atoms with Gasteiger partial charge < -0.3 is 10.4 Å². The molecule has 102 valence electrons. The van der Waals surface area contributed by atoms with Crippen LogP contribution in [0.25, 0.3) is 0 Å². The van der Waals surface area contributed by atoms with Crippen molar-refractivity contribution in [2.24, 2.45) is 0 Å². The lowest BCUT2D eigenvalue weighted by Crippen LogP contribution is -2.32. The number of nitrogens with one attached hydrogen (secondary N) is 1. The number of halogens is 4. The van der Waals surface area contributed by atoms with E-state index in [4.69, 9.17) is 11.6 Å². The Kier molecular flexibility index (Phi) is 4.39. The van der Waals surface area contributed by atoms with Gasteiger partial charge in [-0.25, -0.2) is 9.97 Å². The second-order valence-electron chi connectivity index (χ2n) is 4.10. The van der Waals surface area contributed by atoms with Crippen LogP contribution in [0.1, 0.15) is 26.1 Å². The van der Waals surface area contributed by atoms with Crippen molar-refractivity contribution < 1.29 is 18.3 Å². The fourth-order valence-electron chi connectivity index (χ4n) is 1.04. The predicted molar refractivity (Wildman–Crippen MR) is 61.4 cm³/mol. The first-order valence-corrected chi connectivity index (χ1v) is 5.60. The highest BCUT2D eigenvalue weighted by Crippen LogP contribution is 2.28. The topological polar surface area (TPSA) is 58.0 Å². The molecule has 0 saturated heterocycles. The molecular weight excluding hydrogens is 271 g/mol. The second kappa shape index (κ2) is 5.27. The maximum Gasteiger partial charge on any atom is 0.451 e. The van der Waals surface area contributed by atoms with E-state index >= 15 is 0 Å². The molecule has 0 aromatic carbocycles. The van der Waals surface area contributed by atoms with E-state index in [-0.39, 0.29) is 17.5 Å². The molecule has 4 nitrogen and oxygen atoms in total. The molecule has 2 N–H and O–H groups in total. The largest absolute Gasteiger partial charge is 0.451 e. The van der Waals surface area contributed by atoms with E-state index in [9.17, 15) is 18.3 Å². The Labute approximate surface area is 107 Å². The fourth-order valence-corrected chi connectivity index (χ4v) is 1.22. The highest BCUT2D eigenvalue weighted by atomic mass is 35.5. The second-order valence-corrected chi connectivity index (χ2v) is 4.49. The van der Waals surface area contributed by atoms with Gasteiger partial charge in [0.1, 0.15) is 11.0 Å². The molecule has 0 spiro atoms. The standard InChI is InChI=1S/C10H13ClF3N3O/c1-3-9(2,18)5-15-7-4-6(11)16-8(17-7)10(12,13)14/h4,18H,3,5H2,1-2H3,(H,15,16,17). The van der Waals surface area contributed by atoms with Gasteiger partial charge in [-0.05, 0) is 13.3 Å². The summed E-state index contributed by atoms with van der Waals surface area (Å²) in [6, 6.07) is 1.17. The van der Waals surface area contributed by atoms with E-state index in [1.165, 1.54) is 6.07 Å². The van der Waals surface area contributed by atoms with E-state index in [0.29, 0.717) is 6.42 Å². The van der Waals surface area contributed by atoms with Gasteiger partial charge in [-0.1, -0.05) is 18.5 Å². The van der Waals surface area contributed by atoms with Crippen molar-refractivity contribution >= 4 is 17.4 Å². The summed E-state index contributed by atoms with van der Waals surface area (Å²) in [5.41, 5.74) is -1.03. The first-order valence-electron chi connectivity index (χ1n) is 5.22. The number of hydrogen-bond donors (Lipinski definition) is 2. The molecule has 1 unspecified atom stereocenters. The van der Waals surface area contributed by atoms with Gasteiger partial charge in [0.15, 0.2) is 0 Å². The first-order chi connectivity index (χ1) is 8.14. The number of rotatable bonds is 4. The summed E-state index contributed by atoms with van der Waals surface area (Å²) in [5.74, 6) is -1.38. The molecule has 8 heteroatoms. The van der Waals surface area contributed by atoms with Crippen molar-refractivity contribution in [1.29, 1.82) is 0 Å². The van der Waals surface area contributed by atoms with Crippen LogP contribution in [0, 0.1) is 0 Å². The molecule has 0 aliphatic carbocycles. The summed E-state index contributed by atoms with van der Waals surface area (Å²) in [6.45, 7) is 3.39. The number of aliphatic hydroxyl groups is 1. The van der Waals surface area contributed by atoms with Crippen LogP contribution in [-0.2, 0) is 6.18 Å². The van der Waals surface area contributed by atoms with Crippen LogP contribution in [-0.4, -0.2) is 27.2 Å². The van der Waals surface area contributed by atoms with Crippen molar-refractivity contribution in [3.05, 3.63) is 17.0 Å². The SMILES string of the molecule is CCC(C)(O)CNc1cc(Cl)nc(C(F)(F)F)n1. The van der Waals surface area contributed by atoms with Gasteiger partial charge in [0, 0.05) is 12.6 Å². The van der Waals surface area contributed by atoms with Crippen LogP contribution < -0.4 is 5.32 Å². The van der Waals surface area contributed by atoms with Gasteiger partial charge in [-0.3, -0.25) is 0 Å². The Morgan fingerprint density at radius 2 is 2.00 bits per heavy atom. The zero-order chi connectivity index (χ0) is 14.0. The van der Waals surface area contributed by atoms with Crippen molar-refractivity contribution in [3.8, 4) is 0 Å². The lowest BCUT2D eigenvalue weighted by molar-refractivity contribution is -0.144. The molecule has 0 radical (unpaired) electrons. The molecule has 1 aromatic heterocycles. The van der Waals surface area contributed by atoms with Crippen LogP contribution in [0.4, 0.5) is 19.0 Å². The first kappa shape index (κ1) is 15.0. The van der Waals surface area contributed by atoms with Gasteiger partial charge in [0.05, 0.1) is 5.60 Å². The molecular formula is C10H13ClF3N3O. The Morgan fingerprint density at radius 3 is 2.50 bits per heavy atom. The van der Waals surface area contributed by atoms with Gasteiger partial charge >= 0.3 is 6.18 Å². The average Bonchev–Trinajstić information content (AvgIpc) is 2.25. The molecule has 0 aliphatic rings. The molecule has 18 heavy (non-hydrogen) atoms. The van der Waals surface area contributed by atoms with Gasteiger partial charge in [-0.2, -0.15) is 13.2 Å². The smallest absolute Gasteiger partial charge is 0.388 e. The van der Waals surface area contributed by atoms with Crippen molar-refractivity contribution in [2.75, 3.05) is 11.9 Å². The quantitative estimate of drug-likeness (QED) is 0.834. The molecule has 0 aliphatic heterocycles. The van der Waals surface area contributed by atoms with Gasteiger partial charge in [0.2, 0.25) is 5.82 Å². The predicted octanol–water partition coefficient (Wildman–Crippen LogP) is 2.72. The lowest BCUT2D eigenvalue weighted by atomic mass is 10.0. The third kappa shape index (κ3) is 4.30. The summed E-state index contributed by atoms with van der Waals surface area (Å²) < 4.78 is 37.3. The van der Waals surface area contributed by atoms with Gasteiger partial charge in [0.25, 0.3) is 0 Å². The highest BCUT2D eigenvalue weighted by molar-refractivity contribution is 6.29. The maximum atomic E-state index is 12.4. The van der Waals surface area contributed by atoms with Crippen LogP contribution in [0.5, 0.6) is 0 Å². The van der Waals surface area contributed by atoms with Crippen molar-refractivity contribution in [1.82, 2.24) is 9.97 Å². The third-order valence-electron chi connectivity index (χ3n) is 2.36. The minimum absolute atomic E-state index is 0.0636. The van der Waals surface area contributed by atoms with E-state index < -0.39 is 17.6 Å². The van der Waals surface area contributed by atoms with Crippen LogP contribution in [0.15, 0.2) is 6.07 Å². The molecule has 1 heterocycles. The van der Waals surface area contributed by atoms with E-state index in [1.54, 1.807) is 13.8 Å². The van der Waals surface area contributed by atoms with E-state index in [1.807, 2.05) is 0 Å². The van der Waals surface area contributed by atoms with Gasteiger partial charge in [-0.15, -0.1) is 0 Å². The summed E-state index contributed by atoms with van der Waals surface area (Å²) in [6.07, 6.45) is -4.21. The molecule has 0 saturated carbocycles. The van der Waals surface area contributed by atoms with Crippen LogP contribution >= 0.6 is 11.6 Å². The van der Waals surface area contributed by atoms with E-state index in [0.717, 1.165) is 0 Å². The maximum absolute atomic E-state index is 12.4. The monoisotopic (exact) mass is 283 g/mol. The third-order valence-corrected chi connectivity index (χ3v) is 2.55. The number of nitrogens with zero attached hydrogens (tertiary/aromatic N) is 2. The Hall–Kier alpha value is -1.08. The molecule has 0 fully saturated rings. The number of alkyl halides is 3. The van der Waals surface area contributed by atoms with Crippen molar-refractivity contribution in [2.45, 2.75) is 32.0 Å². The number of anilines is 1. The molecule has 1 rings (SSSR count). The molecule has 0 bridgehead atoms. The fraction of sp³-hybridized carbons (Fsp3) is 0.600. The molecule has 1 atom stereocenters. The zero-order valence-electron chi connectivity index (χ0n) is 9.85. The summed E-state index contributed by atoms with van der Waals surface area (Å²) in [5, 5.41) is 12.0. The molecule has 0 amide bonds. The van der Waals surface area contributed by atoms with E-state index in [2.05, 4.69) is 15.3 Å². The van der Waals surface area contributed by atoms with Crippen molar-refractivity contribution in [3.63, 3.8) is 0 Å². The summed E-state index contributed by atoms with van der Waals surface area (Å²) >= 11 is 5.49. The minimum Gasteiger partial charge on any atom is -0.388 e. The Morgan fingerprint density at radius 1 is 1.39 bits per heavy atom. The molecule has 1 aromatic rings. The van der Waals surface area contributed by atoms with Crippen LogP contribution in [0.3, 0.4) is 0 Å². The zero-order valence-corrected chi connectivity index (χ0v) is 10.6. The average molecular weight is 284 g/mol. The Bertz CT molecular complexity index is 423. The van der Waals surface area contributed by atoms with Crippen LogP contribution in [0.2, 0.25) is 5.15 Å². The minimum atomic E-state index is -4.66. The number of hydrogen-bond acceptors (Lipinski definition) is 4. The number of aromatic nitrogens is 2. The normalized spacial score (nSPS) is 15.3. The Balaban J connectivity index is 2.88. The lowest BCUT2D eigenvalue weighted by Gasteiger charge is -2.22.